The molecule has 2 aromatic carbocycles. The molecule has 3 N–H and O–H groups in total. The van der Waals surface area contributed by atoms with Crippen molar-refractivity contribution in [2.24, 2.45) is 5.92 Å². The number of ether oxygens (including phenoxy) is 2. The van der Waals surface area contributed by atoms with Crippen molar-refractivity contribution < 1.29 is 33.4 Å². The van der Waals surface area contributed by atoms with E-state index in [1.165, 1.54) is 29.2 Å². The lowest BCUT2D eigenvalue weighted by molar-refractivity contribution is -0.134. The van der Waals surface area contributed by atoms with E-state index in [1.54, 1.807) is 37.1 Å². The van der Waals surface area contributed by atoms with Crippen LogP contribution in [0.15, 0.2) is 42.5 Å². The SMILES string of the molecule is C[C@H]1CN([C@@H](C)CO)C(=O)Cc2cc(NC(=O)CCN3CCOCC3)ccc2O[C@H]1CN(C)C(=O)Nc1ccc(F)cc1. The Morgan fingerprint density at radius 1 is 1.12 bits per heavy atom. The number of nitrogens with zero attached hydrogens (tertiary/aromatic N) is 3. The number of carbonyl (C=O) groups is 3. The summed E-state index contributed by atoms with van der Waals surface area (Å²) in [5, 5.41) is 15.6. The molecule has 1 fully saturated rings. The van der Waals surface area contributed by atoms with Crippen LogP contribution in [0.3, 0.4) is 0 Å². The van der Waals surface area contributed by atoms with Crippen molar-refractivity contribution >= 4 is 29.2 Å². The number of halogens is 1. The second-order valence-corrected chi connectivity index (χ2v) is 11.3. The number of likely N-dealkylation sites (N-methyl/N-ethyl adjacent to an activating group) is 1. The Balaban J connectivity index is 1.50. The van der Waals surface area contributed by atoms with E-state index in [9.17, 15) is 23.9 Å². The van der Waals surface area contributed by atoms with Crippen LogP contribution in [0.4, 0.5) is 20.6 Å². The number of aliphatic hydroxyl groups is 1. The second kappa shape index (κ2) is 15.1. The standard InChI is InChI=1S/C31H42FN5O6/c1-21-18-37(22(2)20-38)30(40)17-23-16-26(33-29(39)10-11-36-12-14-42-15-13-36)8-9-27(23)43-28(21)19-35(3)31(41)34-25-6-4-24(32)5-7-25/h4-9,16,21-22,28,38H,10-15,17-20H2,1-3H3,(H,33,39)(H,34,41)/t21-,22-,28-/m0/s1. The number of hydrogen-bond acceptors (Lipinski definition) is 7. The highest BCUT2D eigenvalue weighted by atomic mass is 19.1. The fraction of sp³-hybridized carbons (Fsp3) is 0.516. The number of benzene rings is 2. The van der Waals surface area contributed by atoms with Crippen LogP contribution in [-0.4, -0.2) is 109 Å². The molecule has 3 atom stereocenters. The second-order valence-electron chi connectivity index (χ2n) is 11.3. The number of anilines is 2. The molecule has 4 amide bonds. The molecule has 0 unspecified atom stereocenters. The van der Waals surface area contributed by atoms with Crippen LogP contribution in [0.5, 0.6) is 5.75 Å². The van der Waals surface area contributed by atoms with Gasteiger partial charge in [0, 0.05) is 62.5 Å². The van der Waals surface area contributed by atoms with E-state index in [-0.39, 0.29) is 37.3 Å². The minimum absolute atomic E-state index is 0.0253. The maximum atomic E-state index is 13.5. The number of morpholine rings is 1. The summed E-state index contributed by atoms with van der Waals surface area (Å²) in [6.07, 6.45) is -0.145. The summed E-state index contributed by atoms with van der Waals surface area (Å²) >= 11 is 0. The van der Waals surface area contributed by atoms with Gasteiger partial charge >= 0.3 is 6.03 Å². The summed E-state index contributed by atoms with van der Waals surface area (Å²) in [5.41, 5.74) is 1.62. The third-order valence-electron chi connectivity index (χ3n) is 7.86. The topological polar surface area (TPSA) is 124 Å². The number of carbonyl (C=O) groups excluding carboxylic acids is 3. The van der Waals surface area contributed by atoms with Gasteiger partial charge in [0.15, 0.2) is 0 Å². The zero-order chi connectivity index (χ0) is 30.9. The van der Waals surface area contributed by atoms with Crippen molar-refractivity contribution in [1.82, 2.24) is 14.7 Å². The minimum Gasteiger partial charge on any atom is -0.488 e. The van der Waals surface area contributed by atoms with Crippen LogP contribution < -0.4 is 15.4 Å². The van der Waals surface area contributed by atoms with Crippen molar-refractivity contribution in [2.75, 3.05) is 70.2 Å². The first kappa shape index (κ1) is 32.2. The maximum absolute atomic E-state index is 13.5. The lowest BCUT2D eigenvalue weighted by Gasteiger charge is -2.34. The zero-order valence-electron chi connectivity index (χ0n) is 25.1. The highest BCUT2D eigenvalue weighted by Gasteiger charge is 2.32. The van der Waals surface area contributed by atoms with E-state index in [4.69, 9.17) is 9.47 Å². The quantitative estimate of drug-likeness (QED) is 0.405. The molecule has 11 nitrogen and oxygen atoms in total. The van der Waals surface area contributed by atoms with E-state index in [0.717, 1.165) is 13.1 Å². The molecule has 43 heavy (non-hydrogen) atoms. The summed E-state index contributed by atoms with van der Waals surface area (Å²) in [5.74, 6) is -0.411. The molecule has 0 aromatic heterocycles. The molecule has 2 heterocycles. The lowest BCUT2D eigenvalue weighted by Crippen LogP contribution is -2.48. The number of rotatable bonds is 9. The number of amides is 4. The molecule has 2 aromatic rings. The first-order valence-corrected chi connectivity index (χ1v) is 14.7. The smallest absolute Gasteiger partial charge is 0.321 e. The van der Waals surface area contributed by atoms with E-state index < -0.39 is 24.0 Å². The first-order chi connectivity index (χ1) is 20.6. The number of aliphatic hydroxyl groups excluding tert-OH is 1. The molecular weight excluding hydrogens is 557 g/mol. The van der Waals surface area contributed by atoms with Crippen molar-refractivity contribution in [3.8, 4) is 5.75 Å². The Labute approximate surface area is 251 Å². The zero-order valence-corrected chi connectivity index (χ0v) is 25.1. The average molecular weight is 600 g/mol. The van der Waals surface area contributed by atoms with Gasteiger partial charge in [-0.1, -0.05) is 6.92 Å². The van der Waals surface area contributed by atoms with Crippen molar-refractivity contribution in [1.29, 1.82) is 0 Å². The fourth-order valence-electron chi connectivity index (χ4n) is 5.14. The average Bonchev–Trinajstić information content (AvgIpc) is 3.04. The van der Waals surface area contributed by atoms with E-state index in [0.29, 0.717) is 55.4 Å². The van der Waals surface area contributed by atoms with Gasteiger partial charge in [-0.25, -0.2) is 9.18 Å². The summed E-state index contributed by atoms with van der Waals surface area (Å²) in [7, 11) is 1.64. The van der Waals surface area contributed by atoms with E-state index in [1.807, 2.05) is 6.92 Å². The summed E-state index contributed by atoms with van der Waals surface area (Å²) in [4.78, 5) is 44.4. The highest BCUT2D eigenvalue weighted by molar-refractivity contribution is 5.91. The van der Waals surface area contributed by atoms with Gasteiger partial charge in [0.05, 0.1) is 38.8 Å². The monoisotopic (exact) mass is 599 g/mol. The molecule has 0 saturated carbocycles. The molecule has 0 spiro atoms. The van der Waals surface area contributed by atoms with Crippen LogP contribution in [0.1, 0.15) is 25.8 Å². The normalized spacial score (nSPS) is 20.1. The Morgan fingerprint density at radius 3 is 2.51 bits per heavy atom. The predicted molar refractivity (Wildman–Crippen MR) is 161 cm³/mol. The Morgan fingerprint density at radius 2 is 1.81 bits per heavy atom. The fourth-order valence-corrected chi connectivity index (χ4v) is 5.14. The van der Waals surface area contributed by atoms with Crippen molar-refractivity contribution in [2.45, 2.75) is 38.8 Å². The molecule has 2 aliphatic heterocycles. The van der Waals surface area contributed by atoms with Gasteiger partial charge in [-0.15, -0.1) is 0 Å². The van der Waals surface area contributed by atoms with Crippen molar-refractivity contribution in [3.63, 3.8) is 0 Å². The van der Waals surface area contributed by atoms with Gasteiger partial charge in [-0.2, -0.15) is 0 Å². The number of nitrogens with one attached hydrogen (secondary N) is 2. The molecule has 4 rings (SSSR count). The molecule has 1 saturated heterocycles. The lowest BCUT2D eigenvalue weighted by atomic mass is 10.0. The van der Waals surface area contributed by atoms with Crippen molar-refractivity contribution in [3.05, 3.63) is 53.8 Å². The Kier molecular flexibility index (Phi) is 11.3. The third-order valence-corrected chi connectivity index (χ3v) is 7.86. The van der Waals surface area contributed by atoms with Gasteiger partial charge in [0.2, 0.25) is 11.8 Å². The molecule has 0 radical (unpaired) electrons. The van der Waals surface area contributed by atoms with Crippen LogP contribution in [0.25, 0.3) is 0 Å². The van der Waals surface area contributed by atoms with Crippen LogP contribution in [0.2, 0.25) is 0 Å². The number of fused-ring (bicyclic) bond motifs is 1. The van der Waals surface area contributed by atoms with Crippen LogP contribution in [-0.2, 0) is 20.7 Å². The first-order valence-electron chi connectivity index (χ1n) is 14.7. The van der Waals surface area contributed by atoms with Gasteiger partial charge in [-0.05, 0) is 49.4 Å². The van der Waals surface area contributed by atoms with Gasteiger partial charge < -0.3 is 35.0 Å². The summed E-state index contributed by atoms with van der Waals surface area (Å²) in [6, 6.07) is 9.92. The predicted octanol–water partition coefficient (Wildman–Crippen LogP) is 2.80. The molecule has 0 aliphatic carbocycles. The molecule has 0 bridgehead atoms. The van der Waals surface area contributed by atoms with Gasteiger partial charge in [0.25, 0.3) is 0 Å². The molecule has 234 valence electrons. The minimum atomic E-state index is -0.504. The summed E-state index contributed by atoms with van der Waals surface area (Å²) < 4.78 is 25.1. The highest BCUT2D eigenvalue weighted by Crippen LogP contribution is 2.29. The maximum Gasteiger partial charge on any atom is 0.321 e. The van der Waals surface area contributed by atoms with Crippen LogP contribution in [0, 0.1) is 11.7 Å². The van der Waals surface area contributed by atoms with E-state index in [2.05, 4.69) is 15.5 Å². The molecular formula is C31H42FN5O6. The van der Waals surface area contributed by atoms with E-state index >= 15 is 0 Å². The van der Waals surface area contributed by atoms with Crippen LogP contribution >= 0.6 is 0 Å². The summed E-state index contributed by atoms with van der Waals surface area (Å²) in [6.45, 7) is 7.62. The molecule has 2 aliphatic rings. The number of hydrogen-bond donors (Lipinski definition) is 3. The Bertz CT molecular complexity index is 1260. The molecule has 12 heteroatoms. The van der Waals surface area contributed by atoms with Gasteiger partial charge in [-0.3, -0.25) is 14.5 Å². The third kappa shape index (κ3) is 9.12. The largest absolute Gasteiger partial charge is 0.488 e. The number of urea groups is 1. The van der Waals surface area contributed by atoms with Gasteiger partial charge in [0.1, 0.15) is 17.7 Å². The Hall–Kier alpha value is -3.74.